The maximum Gasteiger partial charge on any atom is 0.191 e. The van der Waals surface area contributed by atoms with Crippen LogP contribution in [0.3, 0.4) is 0 Å². The van der Waals surface area contributed by atoms with E-state index in [1.165, 1.54) is 16.0 Å². The topological polar surface area (TPSA) is 49.3 Å². The molecule has 0 aliphatic carbocycles. The van der Waals surface area contributed by atoms with Crippen LogP contribution in [-0.2, 0) is 13.1 Å². The summed E-state index contributed by atoms with van der Waals surface area (Å²) in [6, 6.07) is 8.47. The molecule has 0 bridgehead atoms. The second-order valence-electron chi connectivity index (χ2n) is 5.01. The summed E-state index contributed by atoms with van der Waals surface area (Å²) >= 11 is 1.73. The largest absolute Gasteiger partial charge is 0.352 e. The normalized spacial score (nSPS) is 11.5. The van der Waals surface area contributed by atoms with Crippen molar-refractivity contribution in [2.24, 2.45) is 4.99 Å². The molecule has 2 rings (SSSR count). The average Bonchev–Trinajstić information content (AvgIpc) is 2.77. The fourth-order valence-electron chi connectivity index (χ4n) is 2.13. The monoisotopic (exact) mass is 302 g/mol. The van der Waals surface area contributed by atoms with E-state index >= 15 is 0 Å². The lowest BCUT2D eigenvalue weighted by Gasteiger charge is -2.11. The van der Waals surface area contributed by atoms with Crippen LogP contribution in [0.25, 0.3) is 0 Å². The van der Waals surface area contributed by atoms with Crippen LogP contribution >= 0.6 is 11.3 Å². The highest BCUT2D eigenvalue weighted by Crippen LogP contribution is 2.16. The summed E-state index contributed by atoms with van der Waals surface area (Å²) in [5, 5.41) is 7.77. The Labute approximate surface area is 130 Å². The lowest BCUT2D eigenvalue weighted by atomic mass is 10.1. The Hall–Kier alpha value is -1.88. The quantitative estimate of drug-likeness (QED) is 0.674. The fraction of sp³-hybridized carbons (Fsp3) is 0.375. The maximum absolute atomic E-state index is 4.44. The zero-order valence-corrected chi connectivity index (χ0v) is 13.8. The minimum atomic E-state index is 0.755. The third kappa shape index (κ3) is 4.56. The molecule has 1 heterocycles. The first-order chi connectivity index (χ1) is 10.1. The Bertz CT molecular complexity index is 631. The van der Waals surface area contributed by atoms with E-state index in [0.717, 1.165) is 29.8 Å². The molecule has 2 aromatic rings. The van der Waals surface area contributed by atoms with Crippen LogP contribution in [0.2, 0.25) is 0 Å². The third-order valence-electron chi connectivity index (χ3n) is 3.18. The van der Waals surface area contributed by atoms with Gasteiger partial charge in [-0.2, -0.15) is 0 Å². The Morgan fingerprint density at radius 1 is 1.19 bits per heavy atom. The van der Waals surface area contributed by atoms with Crippen LogP contribution < -0.4 is 10.6 Å². The van der Waals surface area contributed by atoms with Crippen molar-refractivity contribution in [2.75, 3.05) is 7.05 Å². The molecule has 0 saturated heterocycles. The van der Waals surface area contributed by atoms with Crippen molar-refractivity contribution in [3.05, 3.63) is 51.0 Å². The first kappa shape index (κ1) is 15.5. The molecular formula is C16H22N4S. The molecule has 0 radical (unpaired) electrons. The maximum atomic E-state index is 4.44. The molecule has 1 aromatic heterocycles. The standard InChI is InChI=1S/C16H22N4S/c1-11-6-5-7-14(8-11)9-18-16(17-4)19-10-15-12(2)20-13(3)21-15/h5-8H,9-10H2,1-4H3,(H2,17,18,19). The van der Waals surface area contributed by atoms with E-state index in [2.05, 4.69) is 51.8 Å². The van der Waals surface area contributed by atoms with Crippen LogP contribution in [0, 0.1) is 20.8 Å². The van der Waals surface area contributed by atoms with E-state index in [0.29, 0.717) is 0 Å². The van der Waals surface area contributed by atoms with Gasteiger partial charge in [-0.25, -0.2) is 4.98 Å². The molecule has 0 unspecified atom stereocenters. The van der Waals surface area contributed by atoms with Crippen molar-refractivity contribution < 1.29 is 0 Å². The summed E-state index contributed by atoms with van der Waals surface area (Å²) in [5.41, 5.74) is 3.62. The van der Waals surface area contributed by atoms with Gasteiger partial charge in [0.2, 0.25) is 0 Å². The molecule has 112 valence electrons. The number of aromatic nitrogens is 1. The minimum absolute atomic E-state index is 0.755. The van der Waals surface area contributed by atoms with Gasteiger partial charge in [0.1, 0.15) is 0 Å². The number of hydrogen-bond acceptors (Lipinski definition) is 3. The van der Waals surface area contributed by atoms with E-state index in [1.54, 1.807) is 18.4 Å². The van der Waals surface area contributed by atoms with Crippen molar-refractivity contribution in [2.45, 2.75) is 33.9 Å². The molecule has 0 aliphatic heterocycles. The highest BCUT2D eigenvalue weighted by atomic mass is 32.1. The molecule has 1 aromatic carbocycles. The van der Waals surface area contributed by atoms with Crippen molar-refractivity contribution in [3.63, 3.8) is 0 Å². The molecule has 0 fully saturated rings. The van der Waals surface area contributed by atoms with Crippen molar-refractivity contribution in [3.8, 4) is 0 Å². The molecule has 0 spiro atoms. The number of aryl methyl sites for hydroxylation is 3. The fourth-order valence-corrected chi connectivity index (χ4v) is 3.01. The van der Waals surface area contributed by atoms with Crippen LogP contribution in [0.15, 0.2) is 29.3 Å². The molecular weight excluding hydrogens is 280 g/mol. The number of hydrogen-bond donors (Lipinski definition) is 2. The Balaban J connectivity index is 1.88. The smallest absolute Gasteiger partial charge is 0.191 e. The molecule has 2 N–H and O–H groups in total. The van der Waals surface area contributed by atoms with Gasteiger partial charge in [-0.3, -0.25) is 4.99 Å². The number of nitrogens with one attached hydrogen (secondary N) is 2. The van der Waals surface area contributed by atoms with Gasteiger partial charge >= 0.3 is 0 Å². The highest BCUT2D eigenvalue weighted by molar-refractivity contribution is 7.11. The predicted molar refractivity (Wildman–Crippen MR) is 89.8 cm³/mol. The number of nitrogens with zero attached hydrogens (tertiary/aromatic N) is 2. The predicted octanol–water partition coefficient (Wildman–Crippen LogP) is 2.93. The van der Waals surface area contributed by atoms with Crippen LogP contribution in [-0.4, -0.2) is 18.0 Å². The third-order valence-corrected chi connectivity index (χ3v) is 4.25. The zero-order valence-electron chi connectivity index (χ0n) is 13.0. The first-order valence-corrected chi connectivity index (χ1v) is 7.83. The van der Waals surface area contributed by atoms with Gasteiger partial charge in [-0.1, -0.05) is 29.8 Å². The van der Waals surface area contributed by atoms with E-state index in [1.807, 2.05) is 13.8 Å². The van der Waals surface area contributed by atoms with Gasteiger partial charge in [0, 0.05) is 18.5 Å². The van der Waals surface area contributed by atoms with Gasteiger partial charge in [0.25, 0.3) is 0 Å². The average molecular weight is 302 g/mol. The van der Waals surface area contributed by atoms with Crippen LogP contribution in [0.4, 0.5) is 0 Å². The molecule has 0 atom stereocenters. The Kier molecular flexibility index (Phi) is 5.33. The van der Waals surface area contributed by atoms with E-state index < -0.39 is 0 Å². The first-order valence-electron chi connectivity index (χ1n) is 7.01. The molecule has 0 aliphatic rings. The van der Waals surface area contributed by atoms with Crippen molar-refractivity contribution in [1.29, 1.82) is 0 Å². The number of aliphatic imine (C=N–C) groups is 1. The van der Waals surface area contributed by atoms with Gasteiger partial charge in [0.05, 0.1) is 17.2 Å². The lowest BCUT2D eigenvalue weighted by Crippen LogP contribution is -2.36. The summed E-state index contributed by atoms with van der Waals surface area (Å²) in [7, 11) is 1.79. The number of benzene rings is 1. The Morgan fingerprint density at radius 3 is 2.57 bits per heavy atom. The Morgan fingerprint density at radius 2 is 1.95 bits per heavy atom. The second-order valence-corrected chi connectivity index (χ2v) is 6.30. The molecule has 0 saturated carbocycles. The minimum Gasteiger partial charge on any atom is -0.352 e. The number of thiazole rings is 1. The lowest BCUT2D eigenvalue weighted by molar-refractivity contribution is 0.811. The van der Waals surface area contributed by atoms with E-state index in [9.17, 15) is 0 Å². The van der Waals surface area contributed by atoms with Gasteiger partial charge in [-0.15, -0.1) is 11.3 Å². The van der Waals surface area contributed by atoms with Crippen LogP contribution in [0.5, 0.6) is 0 Å². The molecule has 0 amide bonds. The summed E-state index contributed by atoms with van der Waals surface area (Å²) in [6.45, 7) is 7.70. The molecule has 5 heteroatoms. The highest BCUT2D eigenvalue weighted by Gasteiger charge is 2.05. The number of rotatable bonds is 4. The molecule has 21 heavy (non-hydrogen) atoms. The summed E-state index contributed by atoms with van der Waals surface area (Å²) in [5.74, 6) is 0.807. The van der Waals surface area contributed by atoms with Gasteiger partial charge in [0.15, 0.2) is 5.96 Å². The van der Waals surface area contributed by atoms with Gasteiger partial charge < -0.3 is 10.6 Å². The number of guanidine groups is 1. The summed E-state index contributed by atoms with van der Waals surface area (Å²) in [6.07, 6.45) is 0. The summed E-state index contributed by atoms with van der Waals surface area (Å²) in [4.78, 5) is 9.95. The van der Waals surface area contributed by atoms with Gasteiger partial charge in [-0.05, 0) is 26.3 Å². The summed E-state index contributed by atoms with van der Waals surface area (Å²) < 4.78 is 0. The van der Waals surface area contributed by atoms with E-state index in [4.69, 9.17) is 0 Å². The van der Waals surface area contributed by atoms with E-state index in [-0.39, 0.29) is 0 Å². The van der Waals surface area contributed by atoms with Crippen molar-refractivity contribution in [1.82, 2.24) is 15.6 Å². The SMILES string of the molecule is CN=C(NCc1cccc(C)c1)NCc1sc(C)nc1C. The van der Waals surface area contributed by atoms with Crippen molar-refractivity contribution >= 4 is 17.3 Å². The van der Waals surface area contributed by atoms with Crippen LogP contribution in [0.1, 0.15) is 26.7 Å². The zero-order chi connectivity index (χ0) is 15.2. The second kappa shape index (κ2) is 7.22. The molecule has 4 nitrogen and oxygen atoms in total.